The van der Waals surface area contributed by atoms with Crippen molar-refractivity contribution in [2.75, 3.05) is 0 Å². The molecule has 0 saturated carbocycles. The summed E-state index contributed by atoms with van der Waals surface area (Å²) in [6.45, 7) is 6.86. The van der Waals surface area contributed by atoms with E-state index in [4.69, 9.17) is 4.74 Å². The van der Waals surface area contributed by atoms with Gasteiger partial charge in [0.25, 0.3) is 5.91 Å². The van der Waals surface area contributed by atoms with Crippen molar-refractivity contribution in [3.63, 3.8) is 0 Å². The Kier molecular flexibility index (Phi) is 5.13. The van der Waals surface area contributed by atoms with Crippen LogP contribution in [-0.4, -0.2) is 29.1 Å². The third-order valence-electron chi connectivity index (χ3n) is 2.82. The SMILES string of the molecule is CC(Oc1ccccc1)C(=O)N[C@H](C(=O)O)C(C)(C)C. The average Bonchev–Trinajstić information content (AvgIpc) is 2.34. The lowest BCUT2D eigenvalue weighted by Crippen LogP contribution is -2.52. The van der Waals surface area contributed by atoms with Crippen LogP contribution in [0.5, 0.6) is 5.75 Å². The van der Waals surface area contributed by atoms with Crippen LogP contribution in [0.1, 0.15) is 27.7 Å². The van der Waals surface area contributed by atoms with Crippen molar-refractivity contribution in [2.45, 2.75) is 39.8 Å². The molecule has 110 valence electrons. The Morgan fingerprint density at radius 1 is 1.20 bits per heavy atom. The zero-order valence-corrected chi connectivity index (χ0v) is 12.2. The van der Waals surface area contributed by atoms with Crippen LogP contribution in [-0.2, 0) is 9.59 Å². The Hall–Kier alpha value is -2.04. The van der Waals surface area contributed by atoms with E-state index in [1.807, 2.05) is 6.07 Å². The number of carbonyl (C=O) groups is 2. The predicted molar refractivity (Wildman–Crippen MR) is 75.6 cm³/mol. The molecule has 0 bridgehead atoms. The first-order valence-electron chi connectivity index (χ1n) is 6.46. The second-order valence-corrected chi connectivity index (χ2v) is 5.72. The van der Waals surface area contributed by atoms with E-state index in [0.29, 0.717) is 5.75 Å². The number of hydrogen-bond acceptors (Lipinski definition) is 3. The van der Waals surface area contributed by atoms with Gasteiger partial charge in [-0.2, -0.15) is 0 Å². The number of rotatable bonds is 5. The number of para-hydroxylation sites is 1. The lowest BCUT2D eigenvalue weighted by atomic mass is 9.86. The van der Waals surface area contributed by atoms with Crippen molar-refractivity contribution in [3.05, 3.63) is 30.3 Å². The second-order valence-electron chi connectivity index (χ2n) is 5.72. The molecule has 1 aromatic rings. The van der Waals surface area contributed by atoms with Gasteiger partial charge in [-0.25, -0.2) is 4.79 Å². The Labute approximate surface area is 118 Å². The summed E-state index contributed by atoms with van der Waals surface area (Å²) < 4.78 is 5.46. The summed E-state index contributed by atoms with van der Waals surface area (Å²) in [6.07, 6.45) is -0.762. The molecule has 5 nitrogen and oxygen atoms in total. The zero-order chi connectivity index (χ0) is 15.3. The molecule has 0 fully saturated rings. The molecule has 0 spiro atoms. The van der Waals surface area contributed by atoms with E-state index < -0.39 is 29.4 Å². The third kappa shape index (κ3) is 4.57. The summed E-state index contributed by atoms with van der Waals surface area (Å²) in [5, 5.41) is 11.7. The highest BCUT2D eigenvalue weighted by atomic mass is 16.5. The molecular formula is C15H21NO4. The van der Waals surface area contributed by atoms with E-state index in [1.54, 1.807) is 52.0 Å². The minimum atomic E-state index is -1.06. The van der Waals surface area contributed by atoms with Gasteiger partial charge in [-0.3, -0.25) is 4.79 Å². The number of carbonyl (C=O) groups excluding carboxylic acids is 1. The molecule has 5 heteroatoms. The first-order chi connectivity index (χ1) is 9.21. The van der Waals surface area contributed by atoms with Gasteiger partial charge in [-0.15, -0.1) is 0 Å². The van der Waals surface area contributed by atoms with Gasteiger partial charge in [-0.1, -0.05) is 39.0 Å². The molecule has 0 heterocycles. The highest BCUT2D eigenvalue weighted by Gasteiger charge is 2.33. The molecule has 2 N–H and O–H groups in total. The number of amides is 1. The lowest BCUT2D eigenvalue weighted by Gasteiger charge is -2.28. The minimum Gasteiger partial charge on any atom is -0.481 e. The molecule has 1 rings (SSSR count). The molecule has 1 aromatic carbocycles. The van der Waals surface area contributed by atoms with Crippen LogP contribution in [0.2, 0.25) is 0 Å². The van der Waals surface area contributed by atoms with Crippen LogP contribution >= 0.6 is 0 Å². The Bertz CT molecular complexity index is 465. The largest absolute Gasteiger partial charge is 0.481 e. The molecule has 1 unspecified atom stereocenters. The Morgan fingerprint density at radius 2 is 1.75 bits per heavy atom. The summed E-state index contributed by atoms with van der Waals surface area (Å²) in [5.41, 5.74) is -0.575. The number of hydrogen-bond donors (Lipinski definition) is 2. The fraction of sp³-hybridized carbons (Fsp3) is 0.467. The van der Waals surface area contributed by atoms with Crippen molar-refractivity contribution in [2.24, 2.45) is 5.41 Å². The summed E-state index contributed by atoms with van der Waals surface area (Å²) >= 11 is 0. The highest BCUT2D eigenvalue weighted by Crippen LogP contribution is 2.20. The number of ether oxygens (including phenoxy) is 1. The van der Waals surface area contributed by atoms with Crippen molar-refractivity contribution in [1.82, 2.24) is 5.32 Å². The van der Waals surface area contributed by atoms with Gasteiger partial charge in [0.15, 0.2) is 6.10 Å². The van der Waals surface area contributed by atoms with E-state index in [-0.39, 0.29) is 0 Å². The molecule has 20 heavy (non-hydrogen) atoms. The quantitative estimate of drug-likeness (QED) is 0.865. The highest BCUT2D eigenvalue weighted by molar-refractivity contribution is 5.86. The Morgan fingerprint density at radius 3 is 2.20 bits per heavy atom. The normalized spacial score (nSPS) is 14.2. The Balaban J connectivity index is 2.67. The number of carboxylic acid groups (broad SMARTS) is 1. The number of benzene rings is 1. The summed E-state index contributed by atoms with van der Waals surface area (Å²) in [4.78, 5) is 23.2. The molecule has 1 amide bonds. The van der Waals surface area contributed by atoms with Gasteiger partial charge in [0.05, 0.1) is 0 Å². The third-order valence-corrected chi connectivity index (χ3v) is 2.82. The van der Waals surface area contributed by atoms with Crippen molar-refractivity contribution < 1.29 is 19.4 Å². The molecule has 0 aromatic heterocycles. The molecular weight excluding hydrogens is 258 g/mol. The van der Waals surface area contributed by atoms with Crippen molar-refractivity contribution in [1.29, 1.82) is 0 Å². The van der Waals surface area contributed by atoms with Crippen LogP contribution < -0.4 is 10.1 Å². The van der Waals surface area contributed by atoms with Gasteiger partial charge in [0.2, 0.25) is 0 Å². The second kappa shape index (κ2) is 6.41. The molecule has 0 aliphatic rings. The summed E-state index contributed by atoms with van der Waals surface area (Å²) in [6, 6.07) is 7.96. The standard InChI is InChI=1S/C15H21NO4/c1-10(20-11-8-6-5-7-9-11)13(17)16-12(14(18)19)15(2,3)4/h5-10,12H,1-4H3,(H,16,17)(H,18,19)/t10?,12-/m1/s1. The maximum Gasteiger partial charge on any atom is 0.326 e. The minimum absolute atomic E-state index is 0.448. The van der Waals surface area contributed by atoms with E-state index in [0.717, 1.165) is 0 Å². The van der Waals surface area contributed by atoms with E-state index in [1.165, 1.54) is 0 Å². The molecule has 0 saturated heterocycles. The van der Waals surface area contributed by atoms with Crippen LogP contribution in [0.25, 0.3) is 0 Å². The van der Waals surface area contributed by atoms with E-state index >= 15 is 0 Å². The summed E-state index contributed by atoms with van der Waals surface area (Å²) in [5.74, 6) is -0.938. The van der Waals surface area contributed by atoms with Gasteiger partial charge >= 0.3 is 5.97 Å². The van der Waals surface area contributed by atoms with Gasteiger partial charge < -0.3 is 15.2 Å². The van der Waals surface area contributed by atoms with Gasteiger partial charge in [0, 0.05) is 0 Å². The van der Waals surface area contributed by atoms with Gasteiger partial charge in [-0.05, 0) is 24.5 Å². The van der Waals surface area contributed by atoms with Crippen LogP contribution in [0.4, 0.5) is 0 Å². The predicted octanol–water partition coefficient (Wildman–Crippen LogP) is 2.07. The van der Waals surface area contributed by atoms with Crippen LogP contribution in [0.3, 0.4) is 0 Å². The number of carboxylic acids is 1. The van der Waals surface area contributed by atoms with Gasteiger partial charge in [0.1, 0.15) is 11.8 Å². The van der Waals surface area contributed by atoms with E-state index in [2.05, 4.69) is 5.32 Å². The van der Waals surface area contributed by atoms with Crippen molar-refractivity contribution >= 4 is 11.9 Å². The summed E-state index contributed by atoms with van der Waals surface area (Å²) in [7, 11) is 0. The number of aliphatic carboxylic acids is 1. The topological polar surface area (TPSA) is 75.6 Å². The van der Waals surface area contributed by atoms with Crippen molar-refractivity contribution in [3.8, 4) is 5.75 Å². The monoisotopic (exact) mass is 279 g/mol. The molecule has 2 atom stereocenters. The number of nitrogens with one attached hydrogen (secondary N) is 1. The fourth-order valence-corrected chi connectivity index (χ4v) is 1.66. The zero-order valence-electron chi connectivity index (χ0n) is 12.2. The fourth-order valence-electron chi connectivity index (χ4n) is 1.66. The van der Waals surface area contributed by atoms with Crippen LogP contribution in [0.15, 0.2) is 30.3 Å². The van der Waals surface area contributed by atoms with Crippen LogP contribution in [0, 0.1) is 5.41 Å². The first-order valence-corrected chi connectivity index (χ1v) is 6.46. The molecule has 0 radical (unpaired) electrons. The molecule has 0 aliphatic heterocycles. The maximum atomic E-state index is 12.0. The van der Waals surface area contributed by atoms with E-state index in [9.17, 15) is 14.7 Å². The lowest BCUT2D eigenvalue weighted by molar-refractivity contribution is -0.146. The first kappa shape index (κ1) is 16.0. The smallest absolute Gasteiger partial charge is 0.326 e. The molecule has 0 aliphatic carbocycles. The maximum absolute atomic E-state index is 12.0. The average molecular weight is 279 g/mol.